The summed E-state index contributed by atoms with van der Waals surface area (Å²) in [5.41, 5.74) is 3.02. The molecule has 0 aliphatic carbocycles. The van der Waals surface area contributed by atoms with Crippen LogP contribution in [0.25, 0.3) is 0 Å². The standard InChI is InChI=1S/2C13H18N2.4ClH.H2O/c2*1-2-12(10-14-7-1)13-4-3-11-5-8-15(13)9-6-11;;;;;/h2*1-2,7,10-11,13H,3-6,8-9H2;4*1H;1H2/t2*13-;;;;;/m11...../s1. The minimum atomic E-state index is 0. The zero-order valence-electron chi connectivity index (χ0n) is 20.4. The highest BCUT2D eigenvalue weighted by atomic mass is 35.5. The van der Waals surface area contributed by atoms with E-state index < -0.39 is 0 Å². The number of halogens is 4. The average molecular weight is 568 g/mol. The zero-order valence-corrected chi connectivity index (χ0v) is 23.4. The van der Waals surface area contributed by atoms with E-state index >= 15 is 0 Å². The van der Waals surface area contributed by atoms with E-state index in [-0.39, 0.29) is 55.1 Å². The Balaban J connectivity index is 0.000000578. The number of nitrogens with one attached hydrogen (secondary N) is 4. The summed E-state index contributed by atoms with van der Waals surface area (Å²) in [6.07, 6.45) is 19.9. The van der Waals surface area contributed by atoms with Crippen LogP contribution in [0, 0.1) is 11.8 Å². The van der Waals surface area contributed by atoms with Crippen molar-refractivity contribution in [2.75, 3.05) is 26.2 Å². The lowest BCUT2D eigenvalue weighted by Crippen LogP contribution is -3.12. The summed E-state index contributed by atoms with van der Waals surface area (Å²) in [6, 6.07) is 10.4. The highest BCUT2D eigenvalue weighted by Crippen LogP contribution is 2.28. The number of hydrogen-bond acceptors (Lipinski definition) is 0. The van der Waals surface area contributed by atoms with E-state index in [0.29, 0.717) is 0 Å². The molecule has 4 bridgehead atoms. The molecule has 8 rings (SSSR count). The van der Waals surface area contributed by atoms with Crippen LogP contribution in [0.5, 0.6) is 0 Å². The number of rotatable bonds is 2. The summed E-state index contributed by atoms with van der Waals surface area (Å²) in [6.45, 7) is 5.57. The predicted octanol–water partition coefficient (Wildman–Crippen LogP) is -11.5. The van der Waals surface area contributed by atoms with E-state index in [2.05, 4.69) is 46.6 Å². The van der Waals surface area contributed by atoms with Gasteiger partial charge in [-0.15, -0.1) is 0 Å². The number of aromatic amines is 2. The third-order valence-electron chi connectivity index (χ3n) is 8.47. The van der Waals surface area contributed by atoms with Gasteiger partial charge >= 0.3 is 0 Å². The predicted molar refractivity (Wildman–Crippen MR) is 120 cm³/mol. The molecular formula is C26H42Cl4N4O. The van der Waals surface area contributed by atoms with E-state index in [1.165, 1.54) is 88.7 Å². The minimum Gasteiger partial charge on any atom is -1.00 e. The fourth-order valence-electron chi connectivity index (χ4n) is 6.64. The third kappa shape index (κ3) is 8.70. The maximum absolute atomic E-state index is 3.22. The SMILES string of the molecule is O.[Cl-].[Cl-].[Cl-].[Cl-].c1c[nH+]cc([C@H]2CCC3CC[NH+]2CC3)c1.c1c[nH+]cc([C@H]2CCC3CC[NH+]2CC3)c1. The van der Waals surface area contributed by atoms with Gasteiger partial charge in [-0.2, -0.15) is 0 Å². The molecule has 8 heterocycles. The van der Waals surface area contributed by atoms with E-state index in [1.807, 2.05) is 22.2 Å². The second kappa shape index (κ2) is 17.0. The third-order valence-corrected chi connectivity index (χ3v) is 8.47. The molecule has 0 saturated carbocycles. The van der Waals surface area contributed by atoms with E-state index in [1.54, 1.807) is 0 Å². The summed E-state index contributed by atoms with van der Waals surface area (Å²) >= 11 is 0. The summed E-state index contributed by atoms with van der Waals surface area (Å²) < 4.78 is 0. The number of H-pyrrole nitrogens is 2. The minimum absolute atomic E-state index is 0. The first-order chi connectivity index (χ1) is 14.9. The lowest BCUT2D eigenvalue weighted by Gasteiger charge is -2.28. The summed E-state index contributed by atoms with van der Waals surface area (Å²) in [7, 11) is 0. The first-order valence-electron chi connectivity index (χ1n) is 12.5. The highest BCUT2D eigenvalue weighted by molar-refractivity contribution is 5.10. The van der Waals surface area contributed by atoms with Gasteiger partial charge in [-0.1, -0.05) is 0 Å². The second-order valence-electron chi connectivity index (χ2n) is 10.1. The molecule has 6 fully saturated rings. The topological polar surface area (TPSA) is 68.7 Å². The van der Waals surface area contributed by atoms with Gasteiger partial charge in [0.05, 0.1) is 37.3 Å². The van der Waals surface area contributed by atoms with Crippen LogP contribution in [-0.4, -0.2) is 31.7 Å². The summed E-state index contributed by atoms with van der Waals surface area (Å²) in [5.74, 6) is 2.07. The van der Waals surface area contributed by atoms with Crippen molar-refractivity contribution < 1.29 is 74.9 Å². The van der Waals surface area contributed by atoms with Crippen molar-refractivity contribution in [3.63, 3.8) is 0 Å². The Kier molecular flexibility index (Phi) is 16.6. The number of quaternary nitrogens is 2. The molecule has 2 atom stereocenters. The van der Waals surface area contributed by atoms with Crippen LogP contribution < -0.4 is 69.4 Å². The monoisotopic (exact) mass is 566 g/mol. The fraction of sp³-hybridized carbons (Fsp3) is 0.615. The molecule has 6 saturated heterocycles. The first-order valence-corrected chi connectivity index (χ1v) is 12.5. The molecule has 0 radical (unpaired) electrons. The summed E-state index contributed by atoms with van der Waals surface area (Å²) in [5, 5.41) is 0. The second-order valence-corrected chi connectivity index (χ2v) is 10.1. The van der Waals surface area contributed by atoms with Gasteiger partial charge in [0.2, 0.25) is 0 Å². The van der Waals surface area contributed by atoms with Gasteiger partial charge in [0.15, 0.2) is 24.8 Å². The van der Waals surface area contributed by atoms with Gasteiger partial charge in [0.25, 0.3) is 0 Å². The van der Waals surface area contributed by atoms with E-state index in [9.17, 15) is 0 Å². The van der Waals surface area contributed by atoms with Crippen molar-refractivity contribution in [1.82, 2.24) is 0 Å². The van der Waals surface area contributed by atoms with Gasteiger partial charge in [-0.05, 0) is 62.5 Å². The van der Waals surface area contributed by atoms with Crippen LogP contribution in [-0.2, 0) is 0 Å². The van der Waals surface area contributed by atoms with Crippen molar-refractivity contribution in [3.05, 3.63) is 60.2 Å². The van der Waals surface area contributed by atoms with Gasteiger partial charge < -0.3 is 64.9 Å². The first kappa shape index (κ1) is 34.3. The molecule has 9 heteroatoms. The molecule has 6 aliphatic rings. The van der Waals surface area contributed by atoms with Crippen LogP contribution in [0.1, 0.15) is 74.6 Å². The Morgan fingerprint density at radius 1 is 0.543 bits per heavy atom. The Labute approximate surface area is 235 Å². The molecule has 6 aliphatic heterocycles. The lowest BCUT2D eigenvalue weighted by molar-refractivity contribution is -0.935. The van der Waals surface area contributed by atoms with Crippen molar-refractivity contribution in [1.29, 1.82) is 0 Å². The van der Waals surface area contributed by atoms with Gasteiger partial charge in [-0.25, -0.2) is 9.97 Å². The molecule has 35 heavy (non-hydrogen) atoms. The largest absolute Gasteiger partial charge is 1.00 e. The molecule has 200 valence electrons. The molecule has 2 aromatic rings. The van der Waals surface area contributed by atoms with Gasteiger partial charge in [0, 0.05) is 25.0 Å². The highest BCUT2D eigenvalue weighted by Gasteiger charge is 2.35. The van der Waals surface area contributed by atoms with E-state index in [4.69, 9.17) is 0 Å². The Morgan fingerprint density at radius 2 is 0.914 bits per heavy atom. The van der Waals surface area contributed by atoms with Crippen LogP contribution >= 0.6 is 0 Å². The van der Waals surface area contributed by atoms with Crippen LogP contribution in [0.2, 0.25) is 0 Å². The van der Waals surface area contributed by atoms with Crippen molar-refractivity contribution in [2.24, 2.45) is 11.8 Å². The summed E-state index contributed by atoms with van der Waals surface area (Å²) in [4.78, 5) is 10.1. The lowest BCUT2D eigenvalue weighted by atomic mass is 9.95. The van der Waals surface area contributed by atoms with Crippen molar-refractivity contribution in [3.8, 4) is 0 Å². The maximum atomic E-state index is 3.22. The quantitative estimate of drug-likeness (QED) is 0.362. The van der Waals surface area contributed by atoms with Crippen LogP contribution in [0.4, 0.5) is 0 Å². The number of fused-ring (bicyclic) bond motifs is 8. The van der Waals surface area contributed by atoms with Crippen LogP contribution in [0.3, 0.4) is 0 Å². The number of aromatic nitrogens is 2. The average Bonchev–Trinajstić information content (AvgIpc) is 3.33. The van der Waals surface area contributed by atoms with Gasteiger partial charge in [-0.3, -0.25) is 0 Å². The van der Waals surface area contributed by atoms with E-state index in [0.717, 1.165) is 23.9 Å². The van der Waals surface area contributed by atoms with Crippen molar-refractivity contribution >= 4 is 0 Å². The molecule has 0 unspecified atom stereocenters. The number of hydrogen-bond donors (Lipinski definition) is 2. The Morgan fingerprint density at radius 3 is 1.23 bits per heavy atom. The fourth-order valence-corrected chi connectivity index (χ4v) is 6.64. The molecule has 5 nitrogen and oxygen atoms in total. The normalized spacial score (nSPS) is 30.1. The van der Waals surface area contributed by atoms with Crippen LogP contribution in [0.15, 0.2) is 49.1 Å². The number of piperidine rings is 2. The Bertz CT molecular complexity index is 721. The zero-order chi connectivity index (χ0) is 20.2. The van der Waals surface area contributed by atoms with Gasteiger partial charge in [0.1, 0.15) is 12.1 Å². The molecule has 0 amide bonds. The molecular weight excluding hydrogens is 526 g/mol. The Hall–Kier alpha value is -0.660. The molecule has 0 aromatic carbocycles. The molecule has 6 N–H and O–H groups in total. The molecule has 0 spiro atoms. The molecule has 2 aromatic heterocycles. The smallest absolute Gasteiger partial charge is 0.176 e. The number of pyridine rings is 2. The van der Waals surface area contributed by atoms with Crippen molar-refractivity contribution in [2.45, 2.75) is 63.5 Å². The maximum Gasteiger partial charge on any atom is 0.176 e.